The molecule has 0 bridgehead atoms. The van der Waals surface area contributed by atoms with Gasteiger partial charge >= 0.3 is 0 Å². The van der Waals surface area contributed by atoms with Gasteiger partial charge in [0.1, 0.15) is 0 Å². The molecule has 0 radical (unpaired) electrons. The minimum atomic E-state index is 0.397. The topological polar surface area (TPSA) is 43.8 Å². The standard InChI is InChI=1S/C11H21N3/c1-5-11(3,4)6-7-14-8-10(12)9(2)13-14/h8H,5-7,12H2,1-4H3. The third kappa shape index (κ3) is 2.76. The normalized spacial score (nSPS) is 12.0. The third-order valence-corrected chi connectivity index (χ3v) is 2.96. The summed E-state index contributed by atoms with van der Waals surface area (Å²) in [5, 5.41) is 4.34. The van der Waals surface area contributed by atoms with Gasteiger partial charge in [0.05, 0.1) is 11.4 Å². The summed E-state index contributed by atoms with van der Waals surface area (Å²) in [5.41, 5.74) is 7.85. The van der Waals surface area contributed by atoms with Crippen LogP contribution in [-0.2, 0) is 6.54 Å². The van der Waals surface area contributed by atoms with E-state index in [4.69, 9.17) is 5.73 Å². The molecule has 0 saturated carbocycles. The molecule has 0 aromatic carbocycles. The summed E-state index contributed by atoms with van der Waals surface area (Å²) in [4.78, 5) is 0. The molecule has 0 saturated heterocycles. The van der Waals surface area contributed by atoms with E-state index in [-0.39, 0.29) is 0 Å². The van der Waals surface area contributed by atoms with Gasteiger partial charge in [0.2, 0.25) is 0 Å². The van der Waals surface area contributed by atoms with Gasteiger partial charge in [-0.05, 0) is 18.8 Å². The zero-order chi connectivity index (χ0) is 10.8. The molecule has 0 fully saturated rings. The number of anilines is 1. The molecule has 1 aromatic rings. The predicted octanol–water partition coefficient (Wildman–Crippen LogP) is 2.60. The predicted molar refractivity (Wildman–Crippen MR) is 60.1 cm³/mol. The Bertz CT molecular complexity index is 280. The van der Waals surface area contributed by atoms with Crippen molar-refractivity contribution in [3.8, 4) is 0 Å². The van der Waals surface area contributed by atoms with Crippen LogP contribution in [0.4, 0.5) is 5.69 Å². The van der Waals surface area contributed by atoms with Crippen molar-refractivity contribution in [2.75, 3.05) is 5.73 Å². The van der Waals surface area contributed by atoms with Gasteiger partial charge < -0.3 is 5.73 Å². The quantitative estimate of drug-likeness (QED) is 0.802. The minimum Gasteiger partial charge on any atom is -0.396 e. The van der Waals surface area contributed by atoms with Crippen molar-refractivity contribution < 1.29 is 0 Å². The molecule has 1 aromatic heterocycles. The number of nitrogens with two attached hydrogens (primary N) is 1. The van der Waals surface area contributed by atoms with Gasteiger partial charge in [0.25, 0.3) is 0 Å². The lowest BCUT2D eigenvalue weighted by Crippen LogP contribution is -2.13. The van der Waals surface area contributed by atoms with Gasteiger partial charge in [0, 0.05) is 12.7 Å². The van der Waals surface area contributed by atoms with Crippen molar-refractivity contribution in [3.63, 3.8) is 0 Å². The smallest absolute Gasteiger partial charge is 0.0822 e. The van der Waals surface area contributed by atoms with Crippen LogP contribution >= 0.6 is 0 Å². The van der Waals surface area contributed by atoms with Gasteiger partial charge in [-0.3, -0.25) is 4.68 Å². The Kier molecular flexibility index (Phi) is 3.19. The molecule has 0 aliphatic heterocycles. The first-order chi connectivity index (χ1) is 6.44. The summed E-state index contributed by atoms with van der Waals surface area (Å²) < 4.78 is 1.95. The van der Waals surface area contributed by atoms with E-state index in [9.17, 15) is 0 Å². The summed E-state index contributed by atoms with van der Waals surface area (Å²) in [6, 6.07) is 0. The monoisotopic (exact) mass is 195 g/mol. The fourth-order valence-electron chi connectivity index (χ4n) is 1.24. The molecule has 1 rings (SSSR count). The van der Waals surface area contributed by atoms with E-state index in [0.29, 0.717) is 5.41 Å². The molecule has 0 atom stereocenters. The van der Waals surface area contributed by atoms with Gasteiger partial charge in [-0.1, -0.05) is 27.2 Å². The van der Waals surface area contributed by atoms with Gasteiger partial charge in [-0.25, -0.2) is 0 Å². The van der Waals surface area contributed by atoms with Crippen molar-refractivity contribution >= 4 is 5.69 Å². The number of rotatable bonds is 4. The number of nitrogens with zero attached hydrogens (tertiary/aromatic N) is 2. The Morgan fingerprint density at radius 2 is 2.14 bits per heavy atom. The summed E-state index contributed by atoms with van der Waals surface area (Å²) >= 11 is 0. The van der Waals surface area contributed by atoms with E-state index >= 15 is 0 Å². The molecule has 14 heavy (non-hydrogen) atoms. The minimum absolute atomic E-state index is 0.397. The first kappa shape index (κ1) is 11.1. The van der Waals surface area contributed by atoms with E-state index in [0.717, 1.165) is 24.3 Å². The van der Waals surface area contributed by atoms with Crippen LogP contribution in [0.3, 0.4) is 0 Å². The van der Waals surface area contributed by atoms with Crippen LogP contribution in [0.5, 0.6) is 0 Å². The lowest BCUT2D eigenvalue weighted by Gasteiger charge is -2.22. The second-order valence-corrected chi connectivity index (χ2v) is 4.70. The second-order valence-electron chi connectivity index (χ2n) is 4.70. The van der Waals surface area contributed by atoms with E-state index in [1.165, 1.54) is 6.42 Å². The average molecular weight is 195 g/mol. The fraction of sp³-hybridized carbons (Fsp3) is 0.727. The summed E-state index contributed by atoms with van der Waals surface area (Å²) in [6.07, 6.45) is 4.26. The SMILES string of the molecule is CCC(C)(C)CCn1cc(N)c(C)n1. The molecule has 0 aliphatic rings. The van der Waals surface area contributed by atoms with Crippen LogP contribution in [0.1, 0.15) is 39.3 Å². The van der Waals surface area contributed by atoms with Crippen LogP contribution in [0.15, 0.2) is 6.20 Å². The molecule has 0 amide bonds. The van der Waals surface area contributed by atoms with Gasteiger partial charge in [0.15, 0.2) is 0 Å². The highest BCUT2D eigenvalue weighted by Gasteiger charge is 2.15. The highest BCUT2D eigenvalue weighted by atomic mass is 15.3. The first-order valence-electron chi connectivity index (χ1n) is 5.24. The molecule has 3 nitrogen and oxygen atoms in total. The molecule has 1 heterocycles. The molecular weight excluding hydrogens is 174 g/mol. The van der Waals surface area contributed by atoms with Gasteiger partial charge in [-0.15, -0.1) is 0 Å². The average Bonchev–Trinajstić information content (AvgIpc) is 2.44. The second kappa shape index (κ2) is 4.03. The van der Waals surface area contributed by atoms with Crippen LogP contribution < -0.4 is 5.73 Å². The van der Waals surface area contributed by atoms with Crippen molar-refractivity contribution in [2.24, 2.45) is 5.41 Å². The molecule has 0 unspecified atom stereocenters. The lowest BCUT2D eigenvalue weighted by atomic mass is 9.87. The number of nitrogen functional groups attached to an aromatic ring is 1. The number of hydrogen-bond donors (Lipinski definition) is 1. The van der Waals surface area contributed by atoms with Crippen molar-refractivity contribution in [1.29, 1.82) is 0 Å². The maximum atomic E-state index is 5.73. The number of aryl methyl sites for hydroxylation is 2. The molecule has 3 heteroatoms. The van der Waals surface area contributed by atoms with Crippen LogP contribution in [-0.4, -0.2) is 9.78 Å². The Hall–Kier alpha value is -0.990. The summed E-state index contributed by atoms with van der Waals surface area (Å²) in [7, 11) is 0. The van der Waals surface area contributed by atoms with E-state index in [1.54, 1.807) is 0 Å². The van der Waals surface area contributed by atoms with E-state index < -0.39 is 0 Å². The van der Waals surface area contributed by atoms with Crippen molar-refractivity contribution in [2.45, 2.75) is 47.1 Å². The molecular formula is C11H21N3. The van der Waals surface area contributed by atoms with Crippen LogP contribution in [0.25, 0.3) is 0 Å². The summed E-state index contributed by atoms with van der Waals surface area (Å²) in [6.45, 7) is 9.69. The maximum Gasteiger partial charge on any atom is 0.0822 e. The van der Waals surface area contributed by atoms with Crippen LogP contribution in [0, 0.1) is 12.3 Å². The Labute approximate surface area is 86.3 Å². The zero-order valence-corrected chi connectivity index (χ0v) is 9.67. The highest BCUT2D eigenvalue weighted by molar-refractivity contribution is 5.39. The van der Waals surface area contributed by atoms with Crippen molar-refractivity contribution in [3.05, 3.63) is 11.9 Å². The molecule has 80 valence electrons. The van der Waals surface area contributed by atoms with Crippen molar-refractivity contribution in [1.82, 2.24) is 9.78 Å². The fourth-order valence-corrected chi connectivity index (χ4v) is 1.24. The number of hydrogen-bond acceptors (Lipinski definition) is 2. The molecule has 2 N–H and O–H groups in total. The van der Waals surface area contributed by atoms with E-state index in [1.807, 2.05) is 17.8 Å². The molecule has 0 aliphatic carbocycles. The highest BCUT2D eigenvalue weighted by Crippen LogP contribution is 2.25. The third-order valence-electron chi connectivity index (χ3n) is 2.96. The largest absolute Gasteiger partial charge is 0.396 e. The lowest BCUT2D eigenvalue weighted by molar-refractivity contribution is 0.295. The van der Waals surface area contributed by atoms with E-state index in [2.05, 4.69) is 25.9 Å². The molecule has 0 spiro atoms. The first-order valence-corrected chi connectivity index (χ1v) is 5.24. The van der Waals surface area contributed by atoms with Gasteiger partial charge in [-0.2, -0.15) is 5.10 Å². The maximum absolute atomic E-state index is 5.73. The Balaban J connectivity index is 2.54. The number of aromatic nitrogens is 2. The Morgan fingerprint density at radius 1 is 1.50 bits per heavy atom. The zero-order valence-electron chi connectivity index (χ0n) is 9.67. The summed E-state index contributed by atoms with van der Waals surface area (Å²) in [5.74, 6) is 0. The van der Waals surface area contributed by atoms with Crippen LogP contribution in [0.2, 0.25) is 0 Å². The Morgan fingerprint density at radius 3 is 2.57 bits per heavy atom.